The van der Waals surface area contributed by atoms with Gasteiger partial charge in [0.15, 0.2) is 0 Å². The molecule has 0 spiro atoms. The van der Waals surface area contributed by atoms with E-state index in [0.29, 0.717) is 12.0 Å². The van der Waals surface area contributed by atoms with Crippen LogP contribution in [-0.4, -0.2) is 13.7 Å². The standard InChI is InChI=1S/C12H17NO/c1-8(2)9-4-5-12(14-3)10(6-9)11-7-13-11/h4-6,8,11,13H,7H2,1-3H3. The van der Waals surface area contributed by atoms with Gasteiger partial charge in [-0.2, -0.15) is 0 Å². The van der Waals surface area contributed by atoms with E-state index in [4.69, 9.17) is 4.74 Å². The normalized spacial score (nSPS) is 19.9. The van der Waals surface area contributed by atoms with Crippen LogP contribution in [0.1, 0.15) is 36.9 Å². The fourth-order valence-electron chi connectivity index (χ4n) is 1.66. The number of hydrogen-bond acceptors (Lipinski definition) is 2. The molecule has 1 aliphatic heterocycles. The van der Waals surface area contributed by atoms with Gasteiger partial charge in [-0.1, -0.05) is 26.0 Å². The second kappa shape index (κ2) is 3.62. The lowest BCUT2D eigenvalue weighted by molar-refractivity contribution is 0.409. The first-order valence-electron chi connectivity index (χ1n) is 5.13. The van der Waals surface area contributed by atoms with Gasteiger partial charge in [-0.3, -0.25) is 0 Å². The summed E-state index contributed by atoms with van der Waals surface area (Å²) in [6, 6.07) is 7.00. The first kappa shape index (κ1) is 9.53. The van der Waals surface area contributed by atoms with Crippen LogP contribution in [0.3, 0.4) is 0 Å². The van der Waals surface area contributed by atoms with Gasteiger partial charge in [0.2, 0.25) is 0 Å². The summed E-state index contributed by atoms with van der Waals surface area (Å²) in [4.78, 5) is 0. The van der Waals surface area contributed by atoms with E-state index < -0.39 is 0 Å². The van der Waals surface area contributed by atoms with E-state index in [0.717, 1.165) is 12.3 Å². The number of benzene rings is 1. The number of rotatable bonds is 3. The molecule has 1 heterocycles. The third-order valence-electron chi connectivity index (χ3n) is 2.70. The maximum atomic E-state index is 5.34. The molecule has 0 saturated carbocycles. The summed E-state index contributed by atoms with van der Waals surface area (Å²) < 4.78 is 5.34. The molecular weight excluding hydrogens is 174 g/mol. The average molecular weight is 191 g/mol. The topological polar surface area (TPSA) is 31.2 Å². The van der Waals surface area contributed by atoms with E-state index in [1.807, 2.05) is 0 Å². The molecule has 2 heteroatoms. The highest BCUT2D eigenvalue weighted by Crippen LogP contribution is 2.32. The fourth-order valence-corrected chi connectivity index (χ4v) is 1.66. The van der Waals surface area contributed by atoms with Crippen LogP contribution in [0.5, 0.6) is 5.75 Å². The average Bonchev–Trinajstić information content (AvgIpc) is 3.00. The summed E-state index contributed by atoms with van der Waals surface area (Å²) in [5.41, 5.74) is 2.69. The predicted octanol–water partition coefficient (Wildman–Crippen LogP) is 2.46. The van der Waals surface area contributed by atoms with Crippen LogP contribution in [0.4, 0.5) is 0 Å². The molecule has 0 aliphatic carbocycles. The van der Waals surface area contributed by atoms with Crippen LogP contribution in [0, 0.1) is 0 Å². The van der Waals surface area contributed by atoms with E-state index in [1.165, 1.54) is 11.1 Å². The molecule has 2 rings (SSSR count). The summed E-state index contributed by atoms with van der Waals surface area (Å²) in [6.07, 6.45) is 0. The van der Waals surface area contributed by atoms with Crippen molar-refractivity contribution >= 4 is 0 Å². The monoisotopic (exact) mass is 191 g/mol. The summed E-state index contributed by atoms with van der Waals surface area (Å²) in [6.45, 7) is 5.51. The molecule has 1 saturated heterocycles. The molecule has 2 nitrogen and oxygen atoms in total. The molecule has 76 valence electrons. The Morgan fingerprint density at radius 3 is 2.64 bits per heavy atom. The molecule has 0 aromatic heterocycles. The van der Waals surface area contributed by atoms with E-state index in [-0.39, 0.29) is 0 Å². The number of methoxy groups -OCH3 is 1. The van der Waals surface area contributed by atoms with E-state index in [2.05, 4.69) is 37.4 Å². The minimum absolute atomic E-state index is 0.517. The molecule has 1 aromatic rings. The second-order valence-electron chi connectivity index (χ2n) is 4.12. The molecule has 0 bridgehead atoms. The Labute approximate surface area is 85.3 Å². The van der Waals surface area contributed by atoms with Crippen LogP contribution in [0.25, 0.3) is 0 Å². The molecule has 1 atom stereocenters. The van der Waals surface area contributed by atoms with Crippen LogP contribution in [-0.2, 0) is 0 Å². The highest BCUT2D eigenvalue weighted by Gasteiger charge is 2.26. The van der Waals surface area contributed by atoms with Crippen molar-refractivity contribution in [2.75, 3.05) is 13.7 Å². The zero-order valence-corrected chi connectivity index (χ0v) is 9.00. The molecule has 14 heavy (non-hydrogen) atoms. The van der Waals surface area contributed by atoms with Gasteiger partial charge in [-0.25, -0.2) is 0 Å². The third kappa shape index (κ3) is 1.75. The zero-order chi connectivity index (χ0) is 10.1. The van der Waals surface area contributed by atoms with Crippen molar-refractivity contribution in [2.45, 2.75) is 25.8 Å². The highest BCUT2D eigenvalue weighted by molar-refractivity contribution is 5.42. The maximum absolute atomic E-state index is 5.34. The number of hydrogen-bond donors (Lipinski definition) is 1. The lowest BCUT2D eigenvalue weighted by Crippen LogP contribution is -1.96. The molecule has 1 aromatic carbocycles. The van der Waals surface area contributed by atoms with Crippen molar-refractivity contribution in [3.63, 3.8) is 0 Å². The second-order valence-corrected chi connectivity index (χ2v) is 4.12. The van der Waals surface area contributed by atoms with Gasteiger partial charge in [0.1, 0.15) is 5.75 Å². The van der Waals surface area contributed by atoms with Crippen LogP contribution >= 0.6 is 0 Å². The first-order valence-corrected chi connectivity index (χ1v) is 5.13. The largest absolute Gasteiger partial charge is 0.496 e. The summed E-state index contributed by atoms with van der Waals surface area (Å²) >= 11 is 0. The summed E-state index contributed by atoms with van der Waals surface area (Å²) in [5, 5.41) is 3.31. The van der Waals surface area contributed by atoms with Crippen molar-refractivity contribution in [1.82, 2.24) is 5.32 Å². The van der Waals surface area contributed by atoms with Crippen LogP contribution in [0.2, 0.25) is 0 Å². The van der Waals surface area contributed by atoms with Crippen molar-refractivity contribution in [3.8, 4) is 5.75 Å². The Morgan fingerprint density at radius 2 is 2.14 bits per heavy atom. The molecule has 0 amide bonds. The van der Waals surface area contributed by atoms with Crippen molar-refractivity contribution in [3.05, 3.63) is 29.3 Å². The van der Waals surface area contributed by atoms with E-state index >= 15 is 0 Å². The Hall–Kier alpha value is -1.02. The van der Waals surface area contributed by atoms with E-state index in [1.54, 1.807) is 7.11 Å². The fraction of sp³-hybridized carbons (Fsp3) is 0.500. The number of nitrogens with one attached hydrogen (secondary N) is 1. The van der Waals surface area contributed by atoms with Gasteiger partial charge in [0, 0.05) is 18.2 Å². The maximum Gasteiger partial charge on any atom is 0.123 e. The van der Waals surface area contributed by atoms with Gasteiger partial charge in [0.05, 0.1) is 7.11 Å². The molecule has 1 unspecified atom stereocenters. The van der Waals surface area contributed by atoms with Gasteiger partial charge >= 0.3 is 0 Å². The lowest BCUT2D eigenvalue weighted by atomic mass is 9.99. The highest BCUT2D eigenvalue weighted by atomic mass is 16.5. The Morgan fingerprint density at radius 1 is 1.43 bits per heavy atom. The smallest absolute Gasteiger partial charge is 0.123 e. The minimum atomic E-state index is 0.517. The molecular formula is C12H17NO. The zero-order valence-electron chi connectivity index (χ0n) is 9.00. The molecule has 1 N–H and O–H groups in total. The quantitative estimate of drug-likeness (QED) is 0.744. The summed E-state index contributed by atoms with van der Waals surface area (Å²) in [5.74, 6) is 1.59. The van der Waals surface area contributed by atoms with Gasteiger partial charge in [0.25, 0.3) is 0 Å². The Bertz CT molecular complexity index is 329. The minimum Gasteiger partial charge on any atom is -0.496 e. The molecule has 0 radical (unpaired) electrons. The van der Waals surface area contributed by atoms with E-state index in [9.17, 15) is 0 Å². The van der Waals surface area contributed by atoms with Gasteiger partial charge < -0.3 is 10.1 Å². The van der Waals surface area contributed by atoms with Gasteiger partial charge in [-0.15, -0.1) is 0 Å². The van der Waals surface area contributed by atoms with Crippen LogP contribution in [0.15, 0.2) is 18.2 Å². The van der Waals surface area contributed by atoms with Crippen molar-refractivity contribution < 1.29 is 4.74 Å². The SMILES string of the molecule is COc1ccc(C(C)C)cc1C1CN1. The summed E-state index contributed by atoms with van der Waals surface area (Å²) in [7, 11) is 1.73. The Balaban J connectivity index is 2.36. The lowest BCUT2D eigenvalue weighted by Gasteiger charge is -2.11. The third-order valence-corrected chi connectivity index (χ3v) is 2.70. The van der Waals surface area contributed by atoms with Gasteiger partial charge in [-0.05, 0) is 17.5 Å². The van der Waals surface area contributed by atoms with Crippen LogP contribution < -0.4 is 10.1 Å². The Kier molecular flexibility index (Phi) is 2.46. The molecule has 1 aliphatic rings. The first-order chi connectivity index (χ1) is 6.72. The van der Waals surface area contributed by atoms with Crippen molar-refractivity contribution in [2.24, 2.45) is 0 Å². The number of ether oxygens (including phenoxy) is 1. The predicted molar refractivity (Wildman–Crippen MR) is 57.8 cm³/mol. The molecule has 1 fully saturated rings. The van der Waals surface area contributed by atoms with Crippen molar-refractivity contribution in [1.29, 1.82) is 0 Å².